The second-order valence-electron chi connectivity index (χ2n) is 5.12. The number of hydrogen-bond donors (Lipinski definition) is 0. The van der Waals surface area contributed by atoms with Gasteiger partial charge in [0, 0.05) is 5.39 Å². The lowest BCUT2D eigenvalue weighted by Gasteiger charge is -2.19. The van der Waals surface area contributed by atoms with Crippen LogP contribution in [0.4, 0.5) is 13.2 Å². The predicted molar refractivity (Wildman–Crippen MR) is 64.2 cm³/mol. The Balaban J connectivity index is 1.75. The zero-order valence-electron chi connectivity index (χ0n) is 10.4. The third kappa shape index (κ3) is 2.17. The van der Waals surface area contributed by atoms with Gasteiger partial charge in [-0.15, -0.1) is 0 Å². The Hall–Kier alpha value is -1.65. The molecule has 1 saturated carbocycles. The van der Waals surface area contributed by atoms with Crippen molar-refractivity contribution in [2.75, 3.05) is 6.61 Å². The van der Waals surface area contributed by atoms with E-state index in [2.05, 4.69) is 0 Å². The van der Waals surface area contributed by atoms with E-state index in [1.54, 1.807) is 18.2 Å². The second kappa shape index (κ2) is 3.92. The van der Waals surface area contributed by atoms with Crippen LogP contribution in [-0.2, 0) is 0 Å². The third-order valence-corrected chi connectivity index (χ3v) is 3.58. The molecule has 1 aliphatic rings. The Bertz CT molecular complexity index is 609. The summed E-state index contributed by atoms with van der Waals surface area (Å²) in [4.78, 5) is 0. The Kier molecular flexibility index (Phi) is 2.56. The van der Waals surface area contributed by atoms with Gasteiger partial charge in [-0.2, -0.15) is 13.2 Å². The Labute approximate surface area is 108 Å². The molecular weight excluding hydrogens is 257 g/mol. The zero-order valence-corrected chi connectivity index (χ0v) is 10.4. The molecule has 1 aromatic heterocycles. The monoisotopic (exact) mass is 270 g/mol. The average molecular weight is 270 g/mol. The Morgan fingerprint density at radius 3 is 2.63 bits per heavy atom. The van der Waals surface area contributed by atoms with Crippen LogP contribution < -0.4 is 4.74 Å². The predicted octanol–water partition coefficient (Wildman–Crippen LogP) is 4.46. The number of ether oxygens (including phenoxy) is 1. The van der Waals surface area contributed by atoms with Gasteiger partial charge in [0.05, 0.1) is 0 Å². The SMILES string of the molecule is Cc1cc2cc(OCC3(C(F)(F)F)CC3)ccc2o1. The molecule has 0 radical (unpaired) electrons. The maximum atomic E-state index is 12.8. The molecule has 0 saturated heterocycles. The van der Waals surface area contributed by atoms with Crippen LogP contribution in [0.1, 0.15) is 18.6 Å². The highest BCUT2D eigenvalue weighted by Gasteiger charge is 2.63. The first-order valence-electron chi connectivity index (χ1n) is 6.09. The lowest BCUT2D eigenvalue weighted by Crippen LogP contribution is -2.30. The van der Waals surface area contributed by atoms with Crippen molar-refractivity contribution in [3.8, 4) is 5.75 Å². The summed E-state index contributed by atoms with van der Waals surface area (Å²) in [5.74, 6) is 1.21. The van der Waals surface area contributed by atoms with Crippen molar-refractivity contribution in [1.82, 2.24) is 0 Å². The minimum absolute atomic E-state index is 0.156. The molecule has 3 rings (SSSR count). The summed E-state index contributed by atoms with van der Waals surface area (Å²) in [6, 6.07) is 6.89. The van der Waals surface area contributed by atoms with Crippen LogP contribution in [0.15, 0.2) is 28.7 Å². The number of fused-ring (bicyclic) bond motifs is 1. The number of benzene rings is 1. The van der Waals surface area contributed by atoms with E-state index in [4.69, 9.17) is 9.15 Å². The quantitative estimate of drug-likeness (QED) is 0.821. The van der Waals surface area contributed by atoms with Crippen molar-refractivity contribution < 1.29 is 22.3 Å². The minimum Gasteiger partial charge on any atom is -0.493 e. The highest BCUT2D eigenvalue weighted by Crippen LogP contribution is 2.57. The van der Waals surface area contributed by atoms with Crippen LogP contribution in [0.25, 0.3) is 11.0 Å². The van der Waals surface area contributed by atoms with Gasteiger partial charge in [0.25, 0.3) is 0 Å². The highest BCUT2D eigenvalue weighted by atomic mass is 19.4. The fourth-order valence-electron chi connectivity index (χ4n) is 2.13. The Morgan fingerprint density at radius 2 is 2.00 bits per heavy atom. The maximum absolute atomic E-state index is 12.8. The summed E-state index contributed by atoms with van der Waals surface area (Å²) in [5.41, 5.74) is -0.921. The largest absolute Gasteiger partial charge is 0.493 e. The van der Waals surface area contributed by atoms with Crippen LogP contribution in [0.5, 0.6) is 5.75 Å². The molecule has 1 fully saturated rings. The average Bonchev–Trinajstić information content (AvgIpc) is 3.02. The molecule has 0 aliphatic heterocycles. The number of alkyl halides is 3. The summed E-state index contributed by atoms with van der Waals surface area (Å²) >= 11 is 0. The summed E-state index contributed by atoms with van der Waals surface area (Å²) in [5, 5.41) is 0.840. The van der Waals surface area contributed by atoms with E-state index in [-0.39, 0.29) is 19.4 Å². The van der Waals surface area contributed by atoms with Crippen molar-refractivity contribution in [3.05, 3.63) is 30.0 Å². The molecular formula is C14H13F3O2. The van der Waals surface area contributed by atoms with Crippen molar-refractivity contribution >= 4 is 11.0 Å². The molecule has 1 heterocycles. The smallest absolute Gasteiger partial charge is 0.397 e. The summed E-state index contributed by atoms with van der Waals surface area (Å²) in [6.07, 6.45) is -3.86. The van der Waals surface area contributed by atoms with Gasteiger partial charge >= 0.3 is 6.18 Å². The fourth-order valence-corrected chi connectivity index (χ4v) is 2.13. The number of furan rings is 1. The van der Waals surface area contributed by atoms with Gasteiger partial charge in [0.15, 0.2) is 0 Å². The van der Waals surface area contributed by atoms with Gasteiger partial charge in [-0.05, 0) is 44.0 Å². The zero-order chi connectivity index (χ0) is 13.7. The van der Waals surface area contributed by atoms with Crippen LogP contribution in [0.2, 0.25) is 0 Å². The molecule has 0 spiro atoms. The molecule has 19 heavy (non-hydrogen) atoms. The third-order valence-electron chi connectivity index (χ3n) is 3.58. The van der Waals surface area contributed by atoms with Gasteiger partial charge < -0.3 is 9.15 Å². The van der Waals surface area contributed by atoms with Gasteiger partial charge in [0.2, 0.25) is 0 Å². The van der Waals surface area contributed by atoms with Crippen molar-refractivity contribution in [2.24, 2.45) is 5.41 Å². The first-order valence-corrected chi connectivity index (χ1v) is 6.09. The maximum Gasteiger partial charge on any atom is 0.397 e. The molecule has 2 nitrogen and oxygen atoms in total. The molecule has 5 heteroatoms. The summed E-state index contributed by atoms with van der Waals surface area (Å²) in [6.45, 7) is 1.52. The highest BCUT2D eigenvalue weighted by molar-refractivity contribution is 5.79. The number of hydrogen-bond acceptors (Lipinski definition) is 2. The standard InChI is InChI=1S/C14H13F3O2/c1-9-6-10-7-11(2-3-12(10)19-9)18-8-13(4-5-13)14(15,16)17/h2-3,6-7H,4-5,8H2,1H3. The molecule has 0 bridgehead atoms. The topological polar surface area (TPSA) is 22.4 Å². The number of rotatable bonds is 3. The molecule has 102 valence electrons. The van der Waals surface area contributed by atoms with E-state index in [1.165, 1.54) is 0 Å². The molecule has 2 aromatic rings. The van der Waals surface area contributed by atoms with Crippen molar-refractivity contribution in [3.63, 3.8) is 0 Å². The van der Waals surface area contributed by atoms with Gasteiger partial charge in [-0.25, -0.2) is 0 Å². The van der Waals surface area contributed by atoms with Crippen molar-refractivity contribution in [2.45, 2.75) is 25.9 Å². The van der Waals surface area contributed by atoms with Gasteiger partial charge in [0.1, 0.15) is 29.1 Å². The van der Waals surface area contributed by atoms with Crippen LogP contribution in [-0.4, -0.2) is 12.8 Å². The van der Waals surface area contributed by atoms with Crippen LogP contribution in [0.3, 0.4) is 0 Å². The molecule has 0 unspecified atom stereocenters. The molecule has 0 atom stereocenters. The normalized spacial score (nSPS) is 17.7. The lowest BCUT2D eigenvalue weighted by molar-refractivity contribution is -0.194. The Morgan fingerprint density at radius 1 is 1.26 bits per heavy atom. The summed E-state index contributed by atoms with van der Waals surface area (Å²) < 4.78 is 49.0. The van der Waals surface area contributed by atoms with E-state index in [9.17, 15) is 13.2 Å². The number of aryl methyl sites for hydroxylation is 1. The van der Waals surface area contributed by atoms with E-state index >= 15 is 0 Å². The second-order valence-corrected chi connectivity index (χ2v) is 5.12. The summed E-state index contributed by atoms with van der Waals surface area (Å²) in [7, 11) is 0. The molecule has 0 amide bonds. The first-order chi connectivity index (χ1) is 8.90. The molecule has 0 N–H and O–H groups in total. The molecule has 1 aliphatic carbocycles. The van der Waals surface area contributed by atoms with Crippen molar-refractivity contribution in [1.29, 1.82) is 0 Å². The van der Waals surface area contributed by atoms with Gasteiger partial charge in [-0.1, -0.05) is 0 Å². The first kappa shape index (κ1) is 12.4. The van der Waals surface area contributed by atoms with Crippen LogP contribution in [0, 0.1) is 12.3 Å². The lowest BCUT2D eigenvalue weighted by atomic mass is 10.1. The fraction of sp³-hybridized carbons (Fsp3) is 0.429. The van der Waals surface area contributed by atoms with Crippen LogP contribution >= 0.6 is 0 Å². The minimum atomic E-state index is -4.18. The molecule has 1 aromatic carbocycles. The van der Waals surface area contributed by atoms with E-state index < -0.39 is 11.6 Å². The van der Waals surface area contributed by atoms with E-state index in [0.717, 1.165) is 11.1 Å². The van der Waals surface area contributed by atoms with E-state index in [1.807, 2.05) is 13.0 Å². The number of halogens is 3. The van der Waals surface area contributed by atoms with E-state index in [0.29, 0.717) is 11.3 Å². The van der Waals surface area contributed by atoms with Gasteiger partial charge in [-0.3, -0.25) is 0 Å².